The van der Waals surface area contributed by atoms with Gasteiger partial charge in [0.05, 0.1) is 13.2 Å². The van der Waals surface area contributed by atoms with E-state index >= 15 is 0 Å². The maximum Gasteiger partial charge on any atom is 0.152 e. The average Bonchev–Trinajstić information content (AvgIpc) is 2.88. The van der Waals surface area contributed by atoms with Crippen LogP contribution in [0.25, 0.3) is 0 Å². The zero-order chi connectivity index (χ0) is 12.4. The van der Waals surface area contributed by atoms with Crippen LogP contribution in [0.1, 0.15) is 24.8 Å². The Morgan fingerprint density at radius 1 is 1.44 bits per heavy atom. The Morgan fingerprint density at radius 2 is 2.33 bits per heavy atom. The number of thiophene rings is 1. The van der Waals surface area contributed by atoms with E-state index in [4.69, 9.17) is 4.74 Å². The number of ketones is 1. The Balaban J connectivity index is 1.58. The van der Waals surface area contributed by atoms with Crippen LogP contribution in [-0.2, 0) is 16.1 Å². The van der Waals surface area contributed by atoms with Crippen molar-refractivity contribution in [2.75, 3.05) is 19.8 Å². The summed E-state index contributed by atoms with van der Waals surface area (Å²) in [7, 11) is 0. The van der Waals surface area contributed by atoms with Crippen LogP contribution in [-0.4, -0.2) is 36.5 Å². The van der Waals surface area contributed by atoms with Crippen molar-refractivity contribution in [3.8, 4) is 0 Å². The van der Waals surface area contributed by atoms with Crippen LogP contribution in [0.15, 0.2) is 16.8 Å². The van der Waals surface area contributed by atoms with Crippen molar-refractivity contribution in [1.82, 2.24) is 4.90 Å². The summed E-state index contributed by atoms with van der Waals surface area (Å²) >= 11 is 1.73. The number of rotatable bonds is 6. The first kappa shape index (κ1) is 12.3. The lowest BCUT2D eigenvalue weighted by Crippen LogP contribution is -2.34. The Labute approximate surface area is 112 Å². The van der Waals surface area contributed by atoms with Crippen LogP contribution < -0.4 is 0 Å². The van der Waals surface area contributed by atoms with Gasteiger partial charge in [0.25, 0.3) is 0 Å². The van der Waals surface area contributed by atoms with Crippen LogP contribution in [0.2, 0.25) is 0 Å². The molecule has 3 nitrogen and oxygen atoms in total. The second-order valence-corrected chi connectivity index (χ2v) is 6.07. The minimum atomic E-state index is 0.147. The first-order chi connectivity index (χ1) is 8.83. The van der Waals surface area contributed by atoms with E-state index in [-0.39, 0.29) is 5.92 Å². The van der Waals surface area contributed by atoms with Crippen molar-refractivity contribution in [2.24, 2.45) is 5.92 Å². The Hall–Kier alpha value is -0.710. The summed E-state index contributed by atoms with van der Waals surface area (Å²) in [5, 5.41) is 4.28. The first-order valence-electron chi connectivity index (χ1n) is 6.68. The molecule has 4 heteroatoms. The second kappa shape index (κ2) is 5.51. The van der Waals surface area contributed by atoms with Crippen LogP contribution >= 0.6 is 11.3 Å². The van der Waals surface area contributed by atoms with E-state index in [0.29, 0.717) is 25.0 Å². The molecule has 2 heterocycles. The normalized spacial score (nSPS) is 23.7. The predicted octanol–water partition coefficient (Wildman–Crippen LogP) is 2.32. The van der Waals surface area contributed by atoms with Gasteiger partial charge in [-0.05, 0) is 41.7 Å². The van der Waals surface area contributed by atoms with Crippen molar-refractivity contribution in [2.45, 2.75) is 31.8 Å². The van der Waals surface area contributed by atoms with E-state index in [1.54, 1.807) is 11.3 Å². The zero-order valence-electron chi connectivity index (χ0n) is 10.5. The summed E-state index contributed by atoms with van der Waals surface area (Å²) in [5.41, 5.74) is 1.34. The maximum absolute atomic E-state index is 12.2. The first-order valence-corrected chi connectivity index (χ1v) is 7.63. The van der Waals surface area contributed by atoms with Gasteiger partial charge in [0, 0.05) is 25.1 Å². The number of hydrogen-bond acceptors (Lipinski definition) is 4. The molecule has 0 N–H and O–H groups in total. The molecule has 0 spiro atoms. The molecule has 0 amide bonds. The maximum atomic E-state index is 12.2. The molecule has 1 aliphatic heterocycles. The molecule has 1 atom stereocenters. The molecule has 1 saturated carbocycles. The fraction of sp³-hybridized carbons (Fsp3) is 0.643. The lowest BCUT2D eigenvalue weighted by molar-refractivity contribution is -0.124. The Morgan fingerprint density at radius 3 is 2.94 bits per heavy atom. The van der Waals surface area contributed by atoms with E-state index in [0.717, 1.165) is 19.6 Å². The molecule has 18 heavy (non-hydrogen) atoms. The van der Waals surface area contributed by atoms with Gasteiger partial charge in [-0.3, -0.25) is 9.69 Å². The molecule has 98 valence electrons. The van der Waals surface area contributed by atoms with Crippen LogP contribution in [0, 0.1) is 5.92 Å². The molecule has 0 aromatic carbocycles. The smallest absolute Gasteiger partial charge is 0.152 e. The van der Waals surface area contributed by atoms with Crippen LogP contribution in [0.4, 0.5) is 0 Å². The van der Waals surface area contributed by atoms with Gasteiger partial charge in [-0.15, -0.1) is 0 Å². The highest BCUT2D eigenvalue weighted by molar-refractivity contribution is 7.07. The third-order valence-electron chi connectivity index (χ3n) is 3.77. The van der Waals surface area contributed by atoms with Gasteiger partial charge in [0.2, 0.25) is 0 Å². The molecule has 0 radical (unpaired) electrons. The molecule has 1 unspecified atom stereocenters. The number of hydrogen-bond donors (Lipinski definition) is 0. The number of carbonyl (C=O) groups excluding carboxylic acids is 1. The van der Waals surface area contributed by atoms with Gasteiger partial charge in [-0.25, -0.2) is 0 Å². The van der Waals surface area contributed by atoms with Gasteiger partial charge in [-0.2, -0.15) is 11.3 Å². The van der Waals surface area contributed by atoms with Gasteiger partial charge < -0.3 is 4.74 Å². The minimum Gasteiger partial charge on any atom is -0.381 e. The number of carbonyl (C=O) groups is 1. The highest BCUT2D eigenvalue weighted by Crippen LogP contribution is 2.29. The summed E-state index contributed by atoms with van der Waals surface area (Å²) in [4.78, 5) is 14.5. The second-order valence-electron chi connectivity index (χ2n) is 5.29. The average molecular weight is 265 g/mol. The topological polar surface area (TPSA) is 29.5 Å². The standard InChI is InChI=1S/C14H19NO2S/c16-14(12-3-5-17-9-12)8-15(13-1-2-13)7-11-4-6-18-10-11/h4,6,10,12-13H,1-3,5,7-9H2. The molecular weight excluding hydrogens is 246 g/mol. The SMILES string of the molecule is O=C(CN(Cc1ccsc1)C1CC1)C1CCOC1. The largest absolute Gasteiger partial charge is 0.381 e. The van der Waals surface area contributed by atoms with E-state index in [1.165, 1.54) is 18.4 Å². The third kappa shape index (κ3) is 2.99. The van der Waals surface area contributed by atoms with E-state index in [1.807, 2.05) is 0 Å². The van der Waals surface area contributed by atoms with Crippen molar-refractivity contribution in [3.63, 3.8) is 0 Å². The van der Waals surface area contributed by atoms with Crippen LogP contribution in [0.5, 0.6) is 0 Å². The third-order valence-corrected chi connectivity index (χ3v) is 4.51. The Bertz CT molecular complexity index is 394. The van der Waals surface area contributed by atoms with E-state index < -0.39 is 0 Å². The monoisotopic (exact) mass is 265 g/mol. The number of Topliss-reactive ketones (excluding diaryl/α,β-unsaturated/α-hetero) is 1. The zero-order valence-corrected chi connectivity index (χ0v) is 11.3. The van der Waals surface area contributed by atoms with Crippen molar-refractivity contribution >= 4 is 17.1 Å². The number of ether oxygens (including phenoxy) is 1. The summed E-state index contributed by atoms with van der Waals surface area (Å²) in [6.45, 7) is 2.92. The minimum absolute atomic E-state index is 0.147. The molecule has 1 aliphatic carbocycles. The van der Waals surface area contributed by atoms with Crippen molar-refractivity contribution in [1.29, 1.82) is 0 Å². The fourth-order valence-corrected chi connectivity index (χ4v) is 3.15. The molecule has 2 aliphatic rings. The Kier molecular flexibility index (Phi) is 3.77. The molecule has 0 bridgehead atoms. The molecule has 1 saturated heterocycles. The molecule has 1 aromatic heterocycles. The predicted molar refractivity (Wildman–Crippen MR) is 71.7 cm³/mol. The molecule has 3 rings (SSSR count). The van der Waals surface area contributed by atoms with Crippen molar-refractivity contribution < 1.29 is 9.53 Å². The summed E-state index contributed by atoms with van der Waals surface area (Å²) in [6.07, 6.45) is 3.41. The molecule has 2 fully saturated rings. The summed E-state index contributed by atoms with van der Waals surface area (Å²) < 4.78 is 5.30. The van der Waals surface area contributed by atoms with Gasteiger partial charge in [0.1, 0.15) is 0 Å². The number of nitrogens with zero attached hydrogens (tertiary/aromatic N) is 1. The van der Waals surface area contributed by atoms with Crippen LogP contribution in [0.3, 0.4) is 0 Å². The highest BCUT2D eigenvalue weighted by atomic mass is 32.1. The highest BCUT2D eigenvalue weighted by Gasteiger charge is 2.32. The van der Waals surface area contributed by atoms with E-state index in [2.05, 4.69) is 21.7 Å². The van der Waals surface area contributed by atoms with Crippen molar-refractivity contribution in [3.05, 3.63) is 22.4 Å². The summed E-state index contributed by atoms with van der Waals surface area (Å²) in [6, 6.07) is 2.79. The summed E-state index contributed by atoms with van der Waals surface area (Å²) in [5.74, 6) is 0.517. The fourth-order valence-electron chi connectivity index (χ4n) is 2.49. The molecule has 1 aromatic rings. The quantitative estimate of drug-likeness (QED) is 0.790. The molecular formula is C14H19NO2S. The lowest BCUT2D eigenvalue weighted by atomic mass is 10.0. The van der Waals surface area contributed by atoms with Gasteiger partial charge in [0.15, 0.2) is 5.78 Å². The van der Waals surface area contributed by atoms with E-state index in [9.17, 15) is 4.79 Å². The van der Waals surface area contributed by atoms with Gasteiger partial charge in [-0.1, -0.05) is 0 Å². The lowest BCUT2D eigenvalue weighted by Gasteiger charge is -2.22. The van der Waals surface area contributed by atoms with Gasteiger partial charge >= 0.3 is 0 Å².